The summed E-state index contributed by atoms with van der Waals surface area (Å²) < 4.78 is 13.8. The van der Waals surface area contributed by atoms with Gasteiger partial charge in [0.25, 0.3) is 11.6 Å². The van der Waals surface area contributed by atoms with E-state index in [-0.39, 0.29) is 11.4 Å². The second-order valence-electron chi connectivity index (χ2n) is 5.24. The number of hydrogen-bond acceptors (Lipinski definition) is 4. The Morgan fingerprint density at radius 2 is 1.96 bits per heavy atom. The van der Waals surface area contributed by atoms with E-state index in [1.807, 2.05) is 19.1 Å². The van der Waals surface area contributed by atoms with Gasteiger partial charge in [-0.05, 0) is 37.3 Å². The largest absolute Gasteiger partial charge is 0.319 e. The van der Waals surface area contributed by atoms with Crippen molar-refractivity contribution in [1.29, 1.82) is 0 Å². The minimum Gasteiger partial charge on any atom is -0.319 e. The molecule has 1 heterocycles. The molecule has 0 atom stereocenters. The number of nitrogens with one attached hydrogen (secondary N) is 1. The maximum Gasteiger partial charge on any atom is 0.271 e. The van der Waals surface area contributed by atoms with Gasteiger partial charge in [-0.1, -0.05) is 6.07 Å². The topological polar surface area (TPSA) is 85.1 Å². The number of nitrogens with zero attached hydrogens (tertiary/aromatic N) is 2. The number of carbonyl (C=O) groups is 1. The lowest BCUT2D eigenvalue weighted by Gasteiger charge is -2.07. The number of benzene rings is 2. The highest BCUT2D eigenvalue weighted by Gasteiger charge is 2.14. The number of rotatable bonds is 3. The average molecular weight is 325 g/mol. The monoisotopic (exact) mass is 325 g/mol. The normalized spacial score (nSPS) is 10.6. The Hall–Kier alpha value is -3.35. The lowest BCUT2D eigenvalue weighted by atomic mass is 10.1. The van der Waals surface area contributed by atoms with Crippen LogP contribution in [0.4, 0.5) is 15.8 Å². The molecule has 0 bridgehead atoms. The summed E-state index contributed by atoms with van der Waals surface area (Å²) in [5, 5.41) is 13.9. The number of pyridine rings is 1. The van der Waals surface area contributed by atoms with E-state index in [1.54, 1.807) is 18.2 Å². The molecule has 1 aromatic heterocycles. The quantitative estimate of drug-likeness (QED) is 0.585. The van der Waals surface area contributed by atoms with Crippen molar-refractivity contribution >= 4 is 28.2 Å². The van der Waals surface area contributed by atoms with Crippen LogP contribution < -0.4 is 5.32 Å². The van der Waals surface area contributed by atoms with Crippen LogP contribution >= 0.6 is 0 Å². The van der Waals surface area contributed by atoms with Crippen LogP contribution in [-0.2, 0) is 0 Å². The fourth-order valence-electron chi connectivity index (χ4n) is 2.29. The first kappa shape index (κ1) is 15.5. The molecule has 1 amide bonds. The van der Waals surface area contributed by atoms with Crippen LogP contribution in [0.3, 0.4) is 0 Å². The van der Waals surface area contributed by atoms with Crippen LogP contribution in [0.15, 0.2) is 48.5 Å². The summed E-state index contributed by atoms with van der Waals surface area (Å²) in [6.45, 7) is 1.87. The van der Waals surface area contributed by atoms with Crippen LogP contribution in [0.5, 0.6) is 0 Å². The molecule has 0 aliphatic carbocycles. The molecule has 0 radical (unpaired) electrons. The van der Waals surface area contributed by atoms with Crippen LogP contribution in [0.1, 0.15) is 16.1 Å². The van der Waals surface area contributed by atoms with E-state index in [9.17, 15) is 19.3 Å². The van der Waals surface area contributed by atoms with Gasteiger partial charge in [0.15, 0.2) is 0 Å². The highest BCUT2D eigenvalue weighted by Crippen LogP contribution is 2.22. The summed E-state index contributed by atoms with van der Waals surface area (Å²) >= 11 is 0. The molecule has 0 saturated carbocycles. The van der Waals surface area contributed by atoms with Crippen LogP contribution in [0, 0.1) is 22.9 Å². The Bertz CT molecular complexity index is 972. The van der Waals surface area contributed by atoms with Gasteiger partial charge < -0.3 is 5.32 Å². The molecule has 0 aliphatic rings. The molecule has 0 fully saturated rings. The van der Waals surface area contributed by atoms with Crippen molar-refractivity contribution in [3.05, 3.63) is 75.7 Å². The molecule has 24 heavy (non-hydrogen) atoms. The maximum atomic E-state index is 13.8. The number of anilines is 1. The van der Waals surface area contributed by atoms with Gasteiger partial charge in [0.1, 0.15) is 5.82 Å². The van der Waals surface area contributed by atoms with Crippen molar-refractivity contribution in [1.82, 2.24) is 4.98 Å². The zero-order chi connectivity index (χ0) is 17.3. The van der Waals surface area contributed by atoms with Gasteiger partial charge in [-0.2, -0.15) is 0 Å². The van der Waals surface area contributed by atoms with E-state index in [2.05, 4.69) is 10.3 Å². The highest BCUT2D eigenvalue weighted by atomic mass is 19.1. The van der Waals surface area contributed by atoms with Crippen LogP contribution in [0.2, 0.25) is 0 Å². The molecule has 3 rings (SSSR count). The van der Waals surface area contributed by atoms with Gasteiger partial charge in [0, 0.05) is 28.8 Å². The third-order valence-corrected chi connectivity index (χ3v) is 3.50. The molecular weight excluding hydrogens is 313 g/mol. The van der Waals surface area contributed by atoms with Crippen LogP contribution in [0.25, 0.3) is 10.9 Å². The van der Waals surface area contributed by atoms with Crippen molar-refractivity contribution in [2.24, 2.45) is 0 Å². The Balaban J connectivity index is 1.91. The number of fused-ring (bicyclic) bond motifs is 1. The SMILES string of the molecule is Cc1ccc2cc(C(=O)Nc3cc([N+](=O)[O-])ccc3F)ccc2n1. The summed E-state index contributed by atoms with van der Waals surface area (Å²) in [7, 11) is 0. The lowest BCUT2D eigenvalue weighted by molar-refractivity contribution is -0.384. The molecule has 0 aliphatic heterocycles. The Morgan fingerprint density at radius 3 is 2.71 bits per heavy atom. The molecule has 2 aromatic carbocycles. The van der Waals surface area contributed by atoms with Crippen LogP contribution in [-0.4, -0.2) is 15.8 Å². The van der Waals surface area contributed by atoms with E-state index < -0.39 is 16.6 Å². The average Bonchev–Trinajstić information content (AvgIpc) is 2.56. The second kappa shape index (κ2) is 6.04. The first-order chi connectivity index (χ1) is 11.4. The van der Waals surface area contributed by atoms with Crippen molar-refractivity contribution in [2.75, 3.05) is 5.32 Å². The van der Waals surface area contributed by atoms with Crippen molar-refractivity contribution in [3.63, 3.8) is 0 Å². The first-order valence-corrected chi connectivity index (χ1v) is 7.07. The van der Waals surface area contributed by atoms with Crippen molar-refractivity contribution in [2.45, 2.75) is 6.92 Å². The molecule has 3 aromatic rings. The maximum absolute atomic E-state index is 13.8. The number of amides is 1. The number of aryl methyl sites for hydroxylation is 1. The number of nitro groups is 1. The number of aromatic nitrogens is 1. The predicted molar refractivity (Wildman–Crippen MR) is 87.5 cm³/mol. The third kappa shape index (κ3) is 3.05. The Morgan fingerprint density at radius 1 is 1.17 bits per heavy atom. The molecule has 0 unspecified atom stereocenters. The fraction of sp³-hybridized carbons (Fsp3) is 0.0588. The molecule has 0 saturated heterocycles. The van der Waals surface area contributed by atoms with Crippen molar-refractivity contribution < 1.29 is 14.1 Å². The zero-order valence-electron chi connectivity index (χ0n) is 12.6. The van der Waals surface area contributed by atoms with Gasteiger partial charge in [-0.25, -0.2) is 4.39 Å². The minimum atomic E-state index is -0.743. The highest BCUT2D eigenvalue weighted by molar-refractivity contribution is 6.06. The third-order valence-electron chi connectivity index (χ3n) is 3.50. The minimum absolute atomic E-state index is 0.240. The molecular formula is C17H12FN3O3. The van der Waals surface area contributed by atoms with E-state index in [0.717, 1.165) is 34.8 Å². The standard InChI is InChI=1S/C17H12FN3O3/c1-10-2-3-11-8-12(4-7-15(11)19-10)17(22)20-16-9-13(21(23)24)5-6-14(16)18/h2-9H,1H3,(H,20,22). The fourth-order valence-corrected chi connectivity index (χ4v) is 2.29. The van der Waals surface area contributed by atoms with Gasteiger partial charge in [0.05, 0.1) is 16.1 Å². The molecule has 1 N–H and O–H groups in total. The number of carbonyl (C=O) groups excluding carboxylic acids is 1. The molecule has 6 nitrogen and oxygen atoms in total. The van der Waals surface area contributed by atoms with Gasteiger partial charge >= 0.3 is 0 Å². The van der Waals surface area contributed by atoms with Crippen molar-refractivity contribution in [3.8, 4) is 0 Å². The summed E-state index contributed by atoms with van der Waals surface area (Å²) in [6.07, 6.45) is 0. The first-order valence-electron chi connectivity index (χ1n) is 7.07. The number of halogens is 1. The number of hydrogen-bond donors (Lipinski definition) is 1. The van der Waals surface area contributed by atoms with E-state index in [0.29, 0.717) is 5.56 Å². The van der Waals surface area contributed by atoms with Gasteiger partial charge in [0.2, 0.25) is 0 Å². The molecule has 7 heteroatoms. The Kier molecular flexibility index (Phi) is 3.91. The second-order valence-corrected chi connectivity index (χ2v) is 5.24. The van der Waals surface area contributed by atoms with E-state index in [4.69, 9.17) is 0 Å². The molecule has 120 valence electrons. The zero-order valence-corrected chi connectivity index (χ0v) is 12.6. The van der Waals surface area contributed by atoms with E-state index >= 15 is 0 Å². The van der Waals surface area contributed by atoms with E-state index in [1.165, 1.54) is 0 Å². The number of nitro benzene ring substituents is 1. The van der Waals surface area contributed by atoms with Gasteiger partial charge in [-0.15, -0.1) is 0 Å². The Labute approximate surface area is 136 Å². The smallest absolute Gasteiger partial charge is 0.271 e. The predicted octanol–water partition coefficient (Wildman–Crippen LogP) is 3.84. The van der Waals surface area contributed by atoms with Gasteiger partial charge in [-0.3, -0.25) is 19.9 Å². The molecule has 0 spiro atoms. The summed E-state index contributed by atoms with van der Waals surface area (Å²) in [5.41, 5.74) is 1.37. The lowest BCUT2D eigenvalue weighted by Crippen LogP contribution is -2.13. The summed E-state index contributed by atoms with van der Waals surface area (Å²) in [6, 6.07) is 11.5. The summed E-state index contributed by atoms with van der Waals surface area (Å²) in [5.74, 6) is -1.30. The summed E-state index contributed by atoms with van der Waals surface area (Å²) in [4.78, 5) is 26.7. The number of non-ortho nitro benzene ring substituents is 1.